The zero-order chi connectivity index (χ0) is 31.1. The fourth-order valence-corrected chi connectivity index (χ4v) is 5.27. The standard InChI is InChI=1S/C31H40N8O4/c1-6-20(2)25(17-24(40)14-21-10-8-7-9-11-21)30(42)33-19-29(41)38-26-13-12-23(39(3,4)5)15-22(26)16-27(38)31(43)32-18-28-34-36-37-35-28/h7-13,15,20,25,27H,6,14,16-19H2,1-5H3,(H2-,32,33,34,35,36,37,42,43)/p+1/t20-,25-,27-/m0/s1. The van der Waals surface area contributed by atoms with Crippen LogP contribution in [0, 0.1) is 11.8 Å². The minimum atomic E-state index is -0.813. The summed E-state index contributed by atoms with van der Waals surface area (Å²) in [7, 11) is 6.13. The second kappa shape index (κ2) is 13.7. The molecule has 12 nitrogen and oxygen atoms in total. The van der Waals surface area contributed by atoms with Crippen LogP contribution in [-0.4, -0.2) is 77.9 Å². The van der Waals surface area contributed by atoms with Crippen molar-refractivity contribution in [1.29, 1.82) is 0 Å². The molecule has 3 amide bonds. The van der Waals surface area contributed by atoms with Gasteiger partial charge in [0.1, 0.15) is 17.5 Å². The second-order valence-electron chi connectivity index (χ2n) is 12.0. The molecule has 0 fully saturated rings. The zero-order valence-corrected chi connectivity index (χ0v) is 25.5. The molecule has 228 valence electrons. The summed E-state index contributed by atoms with van der Waals surface area (Å²) in [6.45, 7) is 3.66. The number of benzene rings is 2. The first kappa shape index (κ1) is 31.5. The Labute approximate surface area is 251 Å². The molecular weight excluding hydrogens is 548 g/mol. The molecule has 2 heterocycles. The molecule has 1 aromatic heterocycles. The minimum Gasteiger partial charge on any atom is -0.347 e. The van der Waals surface area contributed by atoms with Crippen molar-refractivity contribution in [3.8, 4) is 0 Å². The summed E-state index contributed by atoms with van der Waals surface area (Å²) in [4.78, 5) is 54.7. The van der Waals surface area contributed by atoms with Crippen molar-refractivity contribution >= 4 is 34.9 Å². The maximum absolute atomic E-state index is 13.7. The lowest BCUT2D eigenvalue weighted by Crippen LogP contribution is -2.51. The van der Waals surface area contributed by atoms with E-state index in [9.17, 15) is 19.2 Å². The number of quaternary nitrogens is 1. The lowest BCUT2D eigenvalue weighted by molar-refractivity contribution is -0.132. The Morgan fingerprint density at radius 2 is 1.81 bits per heavy atom. The number of nitrogens with one attached hydrogen (secondary N) is 3. The highest BCUT2D eigenvalue weighted by Gasteiger charge is 2.39. The normalized spacial score (nSPS) is 15.8. The van der Waals surface area contributed by atoms with Crippen molar-refractivity contribution in [2.45, 2.75) is 52.1 Å². The van der Waals surface area contributed by atoms with Gasteiger partial charge in [-0.2, -0.15) is 5.21 Å². The predicted molar refractivity (Wildman–Crippen MR) is 163 cm³/mol. The fraction of sp³-hybridized carbons (Fsp3) is 0.452. The van der Waals surface area contributed by atoms with Crippen LogP contribution >= 0.6 is 0 Å². The fourth-order valence-electron chi connectivity index (χ4n) is 5.27. The SMILES string of the molecule is CC[C@H](C)[C@H](CC(=O)Cc1ccccc1)C(=O)NCC(=O)N1c2ccc([N+](C)(C)C)cc2C[C@H]1C(=O)NCc1nn[nH]n1. The van der Waals surface area contributed by atoms with Crippen LogP contribution in [-0.2, 0) is 38.6 Å². The van der Waals surface area contributed by atoms with Gasteiger partial charge in [-0.1, -0.05) is 55.8 Å². The number of hydrogen-bond acceptors (Lipinski definition) is 7. The number of aromatic nitrogens is 4. The van der Waals surface area contributed by atoms with Crippen molar-refractivity contribution in [2.75, 3.05) is 32.6 Å². The van der Waals surface area contributed by atoms with E-state index in [0.717, 1.165) is 16.8 Å². The third-order valence-corrected chi connectivity index (χ3v) is 7.98. The Bertz CT molecular complexity index is 1440. The summed E-state index contributed by atoms with van der Waals surface area (Å²) in [6.07, 6.45) is 1.37. The molecule has 3 aromatic rings. The van der Waals surface area contributed by atoms with Crippen LogP contribution in [0.5, 0.6) is 0 Å². The number of hydrogen-bond donors (Lipinski definition) is 3. The number of rotatable bonds is 13. The molecule has 12 heteroatoms. The highest BCUT2D eigenvalue weighted by atomic mass is 16.2. The molecule has 0 unspecified atom stereocenters. The van der Waals surface area contributed by atoms with Gasteiger partial charge in [0.25, 0.3) is 0 Å². The van der Waals surface area contributed by atoms with Gasteiger partial charge in [-0.15, -0.1) is 10.2 Å². The van der Waals surface area contributed by atoms with Gasteiger partial charge in [0.05, 0.1) is 34.2 Å². The molecule has 0 spiro atoms. The van der Waals surface area contributed by atoms with E-state index in [0.29, 0.717) is 28.8 Å². The van der Waals surface area contributed by atoms with E-state index in [1.165, 1.54) is 4.90 Å². The number of carbonyl (C=O) groups excluding carboxylic acids is 4. The molecule has 2 aromatic carbocycles. The Morgan fingerprint density at radius 3 is 2.47 bits per heavy atom. The molecule has 1 aliphatic heterocycles. The van der Waals surface area contributed by atoms with E-state index < -0.39 is 17.9 Å². The Balaban J connectivity index is 1.48. The first-order valence-electron chi connectivity index (χ1n) is 14.6. The summed E-state index contributed by atoms with van der Waals surface area (Å²) >= 11 is 0. The van der Waals surface area contributed by atoms with Gasteiger partial charge in [0.2, 0.25) is 17.7 Å². The highest BCUT2D eigenvalue weighted by Crippen LogP contribution is 2.36. The summed E-state index contributed by atoms with van der Waals surface area (Å²) in [5.41, 5.74) is 3.43. The van der Waals surface area contributed by atoms with Gasteiger partial charge in [-0.3, -0.25) is 28.6 Å². The van der Waals surface area contributed by atoms with E-state index >= 15 is 0 Å². The van der Waals surface area contributed by atoms with Crippen LogP contribution in [0.3, 0.4) is 0 Å². The monoisotopic (exact) mass is 589 g/mol. The molecule has 0 saturated carbocycles. The van der Waals surface area contributed by atoms with Crippen LogP contribution in [0.15, 0.2) is 48.5 Å². The molecule has 3 atom stereocenters. The lowest BCUT2D eigenvalue weighted by Gasteiger charge is -2.27. The molecule has 0 aliphatic carbocycles. The van der Waals surface area contributed by atoms with Gasteiger partial charge in [0.15, 0.2) is 5.82 Å². The molecule has 43 heavy (non-hydrogen) atoms. The number of tetrazole rings is 1. The summed E-state index contributed by atoms with van der Waals surface area (Å²) < 4.78 is 0.575. The molecule has 0 bridgehead atoms. The summed E-state index contributed by atoms with van der Waals surface area (Å²) in [5, 5.41) is 19.1. The number of carbonyl (C=O) groups is 4. The molecular formula is C31H41N8O4+. The minimum absolute atomic E-state index is 0.0298. The number of amides is 3. The number of H-pyrrole nitrogens is 1. The Morgan fingerprint density at radius 1 is 1.07 bits per heavy atom. The lowest BCUT2D eigenvalue weighted by atomic mass is 9.85. The Kier molecular flexibility index (Phi) is 10.0. The quantitative estimate of drug-likeness (QED) is 0.258. The first-order chi connectivity index (χ1) is 20.5. The maximum Gasteiger partial charge on any atom is 0.247 e. The first-order valence-corrected chi connectivity index (χ1v) is 14.6. The van der Waals surface area contributed by atoms with Crippen LogP contribution in [0.25, 0.3) is 0 Å². The molecule has 0 saturated heterocycles. The number of aromatic amines is 1. The molecule has 0 radical (unpaired) electrons. The van der Waals surface area contributed by atoms with Crippen molar-refractivity contribution in [3.63, 3.8) is 0 Å². The number of Topliss-reactive ketones (excluding diaryl/α,β-unsaturated/α-hetero) is 1. The van der Waals surface area contributed by atoms with Crippen molar-refractivity contribution in [3.05, 3.63) is 65.5 Å². The van der Waals surface area contributed by atoms with Gasteiger partial charge >= 0.3 is 0 Å². The van der Waals surface area contributed by atoms with Crippen LogP contribution in [0.1, 0.15) is 43.6 Å². The van der Waals surface area contributed by atoms with E-state index in [2.05, 4.69) is 31.3 Å². The van der Waals surface area contributed by atoms with Crippen molar-refractivity contribution in [2.24, 2.45) is 11.8 Å². The molecule has 1 aliphatic rings. The number of nitrogens with zero attached hydrogens (tertiary/aromatic N) is 5. The Hall–Kier alpha value is -4.45. The summed E-state index contributed by atoms with van der Waals surface area (Å²) in [5.74, 6) is -1.46. The third-order valence-electron chi connectivity index (χ3n) is 7.98. The van der Waals surface area contributed by atoms with Crippen LogP contribution in [0.4, 0.5) is 11.4 Å². The highest BCUT2D eigenvalue weighted by molar-refractivity contribution is 6.05. The van der Waals surface area contributed by atoms with Gasteiger partial charge in [-0.05, 0) is 23.1 Å². The smallest absolute Gasteiger partial charge is 0.247 e. The number of anilines is 1. The van der Waals surface area contributed by atoms with Crippen molar-refractivity contribution in [1.82, 2.24) is 35.7 Å². The second-order valence-corrected chi connectivity index (χ2v) is 12.0. The summed E-state index contributed by atoms with van der Waals surface area (Å²) in [6, 6.07) is 14.4. The molecule has 4 rings (SSSR count). The number of ketones is 1. The van der Waals surface area contributed by atoms with Gasteiger partial charge in [0, 0.05) is 43.0 Å². The number of fused-ring (bicyclic) bond motifs is 1. The van der Waals surface area contributed by atoms with Crippen LogP contribution < -0.4 is 20.0 Å². The van der Waals surface area contributed by atoms with E-state index in [4.69, 9.17) is 0 Å². The van der Waals surface area contributed by atoms with Crippen LogP contribution in [0.2, 0.25) is 0 Å². The van der Waals surface area contributed by atoms with E-state index in [-0.39, 0.29) is 49.4 Å². The van der Waals surface area contributed by atoms with Gasteiger partial charge < -0.3 is 10.6 Å². The van der Waals surface area contributed by atoms with Crippen molar-refractivity contribution < 1.29 is 19.2 Å². The average Bonchev–Trinajstić information content (AvgIpc) is 3.64. The maximum atomic E-state index is 13.7. The topological polar surface area (TPSA) is 150 Å². The van der Waals surface area contributed by atoms with E-state index in [1.807, 2.05) is 83.5 Å². The predicted octanol–water partition coefficient (Wildman–Crippen LogP) is 1.95. The van der Waals surface area contributed by atoms with Gasteiger partial charge in [-0.25, -0.2) is 0 Å². The largest absolute Gasteiger partial charge is 0.347 e. The average molecular weight is 590 g/mol. The molecule has 3 N–H and O–H groups in total. The third kappa shape index (κ3) is 7.89. The van der Waals surface area contributed by atoms with E-state index in [1.54, 1.807) is 0 Å². The zero-order valence-electron chi connectivity index (χ0n) is 25.5.